The van der Waals surface area contributed by atoms with E-state index in [9.17, 15) is 4.79 Å². The van der Waals surface area contributed by atoms with Crippen LogP contribution in [0.2, 0.25) is 0 Å². The quantitative estimate of drug-likeness (QED) is 0.839. The maximum Gasteiger partial charge on any atom is 0.358 e. The molecule has 0 saturated heterocycles. The lowest BCUT2D eigenvalue weighted by molar-refractivity contribution is 0.0689. The van der Waals surface area contributed by atoms with Gasteiger partial charge in [-0.15, -0.1) is 0 Å². The maximum absolute atomic E-state index is 10.8. The van der Waals surface area contributed by atoms with Gasteiger partial charge in [-0.2, -0.15) is 0 Å². The Morgan fingerprint density at radius 2 is 1.88 bits per heavy atom. The van der Waals surface area contributed by atoms with Crippen molar-refractivity contribution < 1.29 is 14.3 Å². The topological polar surface area (TPSA) is 63.3 Å². The van der Waals surface area contributed by atoms with Crippen LogP contribution in [-0.4, -0.2) is 16.1 Å². The molecule has 1 N–H and O–H groups in total. The highest BCUT2D eigenvalue weighted by atomic mass is 16.4. The summed E-state index contributed by atoms with van der Waals surface area (Å²) in [5.74, 6) is -0.405. The van der Waals surface area contributed by atoms with Crippen LogP contribution in [-0.2, 0) is 0 Å². The van der Waals surface area contributed by atoms with Crippen molar-refractivity contribution >= 4 is 5.97 Å². The second kappa shape index (κ2) is 3.81. The van der Waals surface area contributed by atoms with E-state index < -0.39 is 5.97 Å². The first-order valence-corrected chi connectivity index (χ1v) is 4.85. The van der Waals surface area contributed by atoms with Gasteiger partial charge in [-0.25, -0.2) is 9.78 Å². The third kappa shape index (κ3) is 1.82. The standard InChI is InChI=1S/C12H11NO3/c1-7-3-5-9(6-4-7)11-13-10(12(14)15)8(2)16-11/h3-6H,1-2H3,(H,14,15). The summed E-state index contributed by atoms with van der Waals surface area (Å²) in [5.41, 5.74) is 1.88. The number of benzene rings is 1. The molecule has 0 spiro atoms. The molecule has 4 nitrogen and oxygen atoms in total. The summed E-state index contributed by atoms with van der Waals surface area (Å²) in [6, 6.07) is 7.56. The predicted octanol–water partition coefficient (Wildman–Crippen LogP) is 2.66. The minimum atomic E-state index is -1.07. The predicted molar refractivity (Wildman–Crippen MR) is 58.4 cm³/mol. The zero-order valence-corrected chi connectivity index (χ0v) is 9.02. The first-order chi connectivity index (χ1) is 7.58. The number of oxazole rings is 1. The van der Waals surface area contributed by atoms with Gasteiger partial charge in [0.2, 0.25) is 5.89 Å². The van der Waals surface area contributed by atoms with Crippen molar-refractivity contribution in [2.24, 2.45) is 0 Å². The van der Waals surface area contributed by atoms with Crippen LogP contribution < -0.4 is 0 Å². The van der Waals surface area contributed by atoms with E-state index in [4.69, 9.17) is 9.52 Å². The Hall–Kier alpha value is -2.10. The highest BCUT2D eigenvalue weighted by molar-refractivity contribution is 5.87. The molecule has 0 bridgehead atoms. The molecule has 0 aliphatic heterocycles. The van der Waals surface area contributed by atoms with Gasteiger partial charge in [-0.05, 0) is 26.0 Å². The number of carboxylic acid groups (broad SMARTS) is 1. The van der Waals surface area contributed by atoms with Gasteiger partial charge >= 0.3 is 5.97 Å². The number of hydrogen-bond acceptors (Lipinski definition) is 3. The number of carboxylic acids is 1. The second-order valence-electron chi connectivity index (χ2n) is 3.59. The summed E-state index contributed by atoms with van der Waals surface area (Å²) in [6.07, 6.45) is 0. The molecular weight excluding hydrogens is 206 g/mol. The van der Waals surface area contributed by atoms with Crippen LogP contribution in [0.1, 0.15) is 21.8 Å². The SMILES string of the molecule is Cc1ccc(-c2nc(C(=O)O)c(C)o2)cc1. The molecule has 0 radical (unpaired) electrons. The third-order valence-corrected chi connectivity index (χ3v) is 2.30. The van der Waals surface area contributed by atoms with E-state index in [0.717, 1.165) is 11.1 Å². The molecule has 1 aromatic heterocycles. The van der Waals surface area contributed by atoms with E-state index in [2.05, 4.69) is 4.98 Å². The van der Waals surface area contributed by atoms with E-state index in [1.165, 1.54) is 0 Å². The number of rotatable bonds is 2. The summed E-state index contributed by atoms with van der Waals surface area (Å²) >= 11 is 0. The molecule has 2 rings (SSSR count). The van der Waals surface area contributed by atoms with Gasteiger partial charge in [-0.3, -0.25) is 0 Å². The Balaban J connectivity index is 2.45. The molecule has 16 heavy (non-hydrogen) atoms. The van der Waals surface area contributed by atoms with Gasteiger partial charge in [0.25, 0.3) is 0 Å². The number of nitrogens with zero attached hydrogens (tertiary/aromatic N) is 1. The lowest BCUT2D eigenvalue weighted by atomic mass is 10.1. The van der Waals surface area contributed by atoms with Crippen molar-refractivity contribution in [2.45, 2.75) is 13.8 Å². The number of carbonyl (C=O) groups is 1. The first kappa shape index (κ1) is 10.4. The average Bonchev–Trinajstić information content (AvgIpc) is 2.61. The third-order valence-electron chi connectivity index (χ3n) is 2.30. The first-order valence-electron chi connectivity index (χ1n) is 4.85. The number of hydrogen-bond donors (Lipinski definition) is 1. The van der Waals surface area contributed by atoms with Gasteiger partial charge < -0.3 is 9.52 Å². The fourth-order valence-corrected chi connectivity index (χ4v) is 1.41. The zero-order valence-electron chi connectivity index (χ0n) is 9.02. The van der Waals surface area contributed by atoms with Crippen LogP contribution in [0.4, 0.5) is 0 Å². The summed E-state index contributed by atoms with van der Waals surface area (Å²) in [6.45, 7) is 3.57. The van der Waals surface area contributed by atoms with Crippen LogP contribution in [0.5, 0.6) is 0 Å². The highest BCUT2D eigenvalue weighted by Crippen LogP contribution is 2.21. The van der Waals surface area contributed by atoms with Gasteiger partial charge in [0.15, 0.2) is 5.69 Å². The van der Waals surface area contributed by atoms with E-state index in [-0.39, 0.29) is 5.69 Å². The molecule has 1 heterocycles. The van der Waals surface area contributed by atoms with Gasteiger partial charge in [0.05, 0.1) is 0 Å². The van der Waals surface area contributed by atoms with Gasteiger partial charge in [-0.1, -0.05) is 17.7 Å². The Bertz CT molecular complexity index is 526. The second-order valence-corrected chi connectivity index (χ2v) is 3.59. The van der Waals surface area contributed by atoms with E-state index in [1.54, 1.807) is 6.92 Å². The lowest BCUT2D eigenvalue weighted by Gasteiger charge is -1.95. The number of aromatic carboxylic acids is 1. The van der Waals surface area contributed by atoms with Crippen molar-refractivity contribution in [2.75, 3.05) is 0 Å². The smallest absolute Gasteiger partial charge is 0.358 e. The number of aryl methyl sites for hydroxylation is 2. The zero-order chi connectivity index (χ0) is 11.7. The average molecular weight is 217 g/mol. The summed E-state index contributed by atoms with van der Waals surface area (Å²) in [4.78, 5) is 14.7. The largest absolute Gasteiger partial charge is 0.476 e. The fourth-order valence-electron chi connectivity index (χ4n) is 1.41. The minimum Gasteiger partial charge on any atom is -0.476 e. The van der Waals surface area contributed by atoms with E-state index in [1.807, 2.05) is 31.2 Å². The van der Waals surface area contributed by atoms with Crippen molar-refractivity contribution in [3.8, 4) is 11.5 Å². The molecule has 4 heteroatoms. The fraction of sp³-hybridized carbons (Fsp3) is 0.167. The molecule has 0 unspecified atom stereocenters. The Morgan fingerprint density at radius 3 is 2.38 bits per heavy atom. The molecule has 2 aromatic rings. The Morgan fingerprint density at radius 1 is 1.25 bits per heavy atom. The molecule has 1 aromatic carbocycles. The van der Waals surface area contributed by atoms with Crippen molar-refractivity contribution in [1.29, 1.82) is 0 Å². The van der Waals surface area contributed by atoms with Crippen LogP contribution in [0.25, 0.3) is 11.5 Å². The molecule has 0 aliphatic rings. The summed E-state index contributed by atoms with van der Waals surface area (Å²) in [5, 5.41) is 8.85. The Labute approximate surface area is 92.6 Å². The summed E-state index contributed by atoms with van der Waals surface area (Å²) in [7, 11) is 0. The normalized spacial score (nSPS) is 10.4. The van der Waals surface area contributed by atoms with Crippen LogP contribution in [0.15, 0.2) is 28.7 Å². The van der Waals surface area contributed by atoms with Crippen molar-refractivity contribution in [3.05, 3.63) is 41.3 Å². The highest BCUT2D eigenvalue weighted by Gasteiger charge is 2.16. The van der Waals surface area contributed by atoms with Crippen molar-refractivity contribution in [1.82, 2.24) is 4.98 Å². The Kier molecular flexibility index (Phi) is 2.48. The monoisotopic (exact) mass is 217 g/mol. The molecule has 0 atom stereocenters. The summed E-state index contributed by atoms with van der Waals surface area (Å²) < 4.78 is 5.31. The molecule has 0 fully saturated rings. The van der Waals surface area contributed by atoms with Crippen molar-refractivity contribution in [3.63, 3.8) is 0 Å². The molecule has 0 saturated carbocycles. The lowest BCUT2D eigenvalue weighted by Crippen LogP contribution is -1.98. The minimum absolute atomic E-state index is 0.0319. The molecular formula is C12H11NO3. The number of aromatic nitrogens is 1. The molecule has 0 aliphatic carbocycles. The van der Waals surface area contributed by atoms with Crippen LogP contribution in [0.3, 0.4) is 0 Å². The molecule has 82 valence electrons. The van der Waals surface area contributed by atoms with Gasteiger partial charge in [0, 0.05) is 5.56 Å². The van der Waals surface area contributed by atoms with E-state index >= 15 is 0 Å². The van der Waals surface area contributed by atoms with Crippen LogP contribution >= 0.6 is 0 Å². The van der Waals surface area contributed by atoms with E-state index in [0.29, 0.717) is 11.7 Å². The maximum atomic E-state index is 10.8. The molecule has 0 amide bonds. The van der Waals surface area contributed by atoms with Gasteiger partial charge in [0.1, 0.15) is 5.76 Å². The van der Waals surface area contributed by atoms with Crippen LogP contribution in [0, 0.1) is 13.8 Å².